The van der Waals surface area contributed by atoms with Gasteiger partial charge in [-0.15, -0.1) is 12.4 Å². The third-order valence-corrected chi connectivity index (χ3v) is 2.19. The van der Waals surface area contributed by atoms with Gasteiger partial charge >= 0.3 is 5.97 Å². The number of hydrogen-bond donors (Lipinski definition) is 1. The lowest BCUT2D eigenvalue weighted by Gasteiger charge is -2.09. The van der Waals surface area contributed by atoms with E-state index in [1.54, 1.807) is 0 Å². The molecule has 0 bridgehead atoms. The van der Waals surface area contributed by atoms with E-state index in [9.17, 15) is 4.79 Å². The minimum Gasteiger partial charge on any atom is -0.494 e. The fourth-order valence-corrected chi connectivity index (χ4v) is 1.38. The molecule has 0 aromatic heterocycles. The number of halogens is 1. The number of ether oxygens (including phenoxy) is 2. The van der Waals surface area contributed by atoms with Crippen molar-refractivity contribution in [2.24, 2.45) is 5.73 Å². The molecular formula is C12H18ClNO3. The van der Waals surface area contributed by atoms with Crippen LogP contribution in [0.4, 0.5) is 0 Å². The number of carbonyl (C=O) groups is 1. The summed E-state index contributed by atoms with van der Waals surface area (Å²) in [6.45, 7) is 2.57. The Morgan fingerprint density at radius 2 is 1.94 bits per heavy atom. The topological polar surface area (TPSA) is 61.5 Å². The van der Waals surface area contributed by atoms with E-state index < -0.39 is 12.0 Å². The Morgan fingerprint density at radius 1 is 1.35 bits per heavy atom. The van der Waals surface area contributed by atoms with Crippen molar-refractivity contribution in [2.45, 2.75) is 19.4 Å². The van der Waals surface area contributed by atoms with Crippen LogP contribution < -0.4 is 10.5 Å². The first-order valence-corrected chi connectivity index (χ1v) is 5.22. The van der Waals surface area contributed by atoms with Crippen LogP contribution in [0.15, 0.2) is 24.3 Å². The van der Waals surface area contributed by atoms with E-state index in [0.717, 1.165) is 11.3 Å². The molecule has 0 saturated heterocycles. The minimum absolute atomic E-state index is 0. The predicted molar refractivity (Wildman–Crippen MR) is 68.6 cm³/mol. The maximum atomic E-state index is 11.1. The first-order chi connectivity index (χ1) is 7.67. The lowest BCUT2D eigenvalue weighted by atomic mass is 10.1. The first-order valence-electron chi connectivity index (χ1n) is 5.22. The molecule has 4 nitrogen and oxygen atoms in total. The molecule has 1 aromatic rings. The molecule has 1 atom stereocenters. The molecule has 0 amide bonds. The number of rotatable bonds is 5. The van der Waals surface area contributed by atoms with Gasteiger partial charge in [0.2, 0.25) is 0 Å². The molecule has 1 rings (SSSR count). The van der Waals surface area contributed by atoms with Crippen molar-refractivity contribution in [2.75, 3.05) is 13.7 Å². The van der Waals surface area contributed by atoms with Gasteiger partial charge in [0.15, 0.2) is 0 Å². The van der Waals surface area contributed by atoms with Crippen LogP contribution in [0.5, 0.6) is 5.75 Å². The highest BCUT2D eigenvalue weighted by molar-refractivity contribution is 5.85. The van der Waals surface area contributed by atoms with E-state index in [2.05, 4.69) is 4.74 Å². The molecule has 1 aromatic carbocycles. The molecule has 5 heteroatoms. The van der Waals surface area contributed by atoms with Gasteiger partial charge < -0.3 is 15.2 Å². The van der Waals surface area contributed by atoms with Crippen molar-refractivity contribution in [1.29, 1.82) is 0 Å². The Bertz CT molecular complexity index is 340. The highest BCUT2D eigenvalue weighted by Gasteiger charge is 2.13. The highest BCUT2D eigenvalue weighted by Crippen LogP contribution is 2.13. The largest absolute Gasteiger partial charge is 0.494 e. The summed E-state index contributed by atoms with van der Waals surface area (Å²) >= 11 is 0. The second-order valence-corrected chi connectivity index (χ2v) is 3.41. The summed E-state index contributed by atoms with van der Waals surface area (Å²) in [6, 6.07) is 6.91. The summed E-state index contributed by atoms with van der Waals surface area (Å²) in [6.07, 6.45) is 0.471. The molecule has 17 heavy (non-hydrogen) atoms. The maximum absolute atomic E-state index is 11.1. The second kappa shape index (κ2) is 7.92. The second-order valence-electron chi connectivity index (χ2n) is 3.41. The first kappa shape index (κ1) is 15.7. The number of carbonyl (C=O) groups excluding carboxylic acids is 1. The van der Waals surface area contributed by atoms with E-state index in [4.69, 9.17) is 10.5 Å². The number of benzene rings is 1. The molecule has 0 aliphatic carbocycles. The van der Waals surface area contributed by atoms with Crippen LogP contribution in [-0.4, -0.2) is 25.7 Å². The maximum Gasteiger partial charge on any atom is 0.322 e. The molecule has 0 aliphatic rings. The Balaban J connectivity index is 0.00000256. The molecule has 2 N–H and O–H groups in total. The van der Waals surface area contributed by atoms with Crippen LogP contribution in [0.2, 0.25) is 0 Å². The SMILES string of the molecule is CCOc1ccc(C[C@H](N)C(=O)OC)cc1.Cl. The van der Waals surface area contributed by atoms with Gasteiger partial charge in [-0.1, -0.05) is 12.1 Å². The highest BCUT2D eigenvalue weighted by atomic mass is 35.5. The van der Waals surface area contributed by atoms with Crippen LogP contribution in [-0.2, 0) is 16.0 Å². The molecule has 96 valence electrons. The molecule has 0 heterocycles. The quantitative estimate of drug-likeness (QED) is 0.815. The third-order valence-electron chi connectivity index (χ3n) is 2.19. The number of hydrogen-bond acceptors (Lipinski definition) is 4. The summed E-state index contributed by atoms with van der Waals surface area (Å²) < 4.78 is 9.87. The van der Waals surface area contributed by atoms with Crippen molar-refractivity contribution in [3.8, 4) is 5.75 Å². The van der Waals surface area contributed by atoms with Gasteiger partial charge in [0.05, 0.1) is 13.7 Å². The Hall–Kier alpha value is -1.26. The number of methoxy groups -OCH3 is 1. The van der Waals surface area contributed by atoms with Crippen molar-refractivity contribution in [1.82, 2.24) is 0 Å². The lowest BCUT2D eigenvalue weighted by molar-refractivity contribution is -0.142. The molecule has 0 radical (unpaired) electrons. The third kappa shape index (κ3) is 5.06. The zero-order valence-electron chi connectivity index (χ0n) is 10.0. The van der Waals surface area contributed by atoms with E-state index in [1.165, 1.54) is 7.11 Å². The van der Waals surface area contributed by atoms with Crippen LogP contribution in [0, 0.1) is 0 Å². The van der Waals surface area contributed by atoms with E-state index in [0.29, 0.717) is 13.0 Å². The normalized spacial score (nSPS) is 11.2. The fraction of sp³-hybridized carbons (Fsp3) is 0.417. The van der Waals surface area contributed by atoms with Crippen LogP contribution in [0.1, 0.15) is 12.5 Å². The van der Waals surface area contributed by atoms with Gasteiger partial charge in [0.25, 0.3) is 0 Å². The summed E-state index contributed by atoms with van der Waals surface area (Å²) in [5.41, 5.74) is 6.64. The monoisotopic (exact) mass is 259 g/mol. The van der Waals surface area contributed by atoms with E-state index in [-0.39, 0.29) is 12.4 Å². The van der Waals surface area contributed by atoms with Crippen LogP contribution in [0.3, 0.4) is 0 Å². The zero-order valence-corrected chi connectivity index (χ0v) is 10.8. The average Bonchev–Trinajstić information content (AvgIpc) is 2.31. The predicted octanol–water partition coefficient (Wildman–Crippen LogP) is 1.55. The summed E-state index contributed by atoms with van der Waals surface area (Å²) in [5, 5.41) is 0. The summed E-state index contributed by atoms with van der Waals surface area (Å²) in [5.74, 6) is 0.423. The van der Waals surface area contributed by atoms with Gasteiger partial charge in [-0.3, -0.25) is 4.79 Å². The molecule has 0 spiro atoms. The molecule has 0 saturated carbocycles. The van der Waals surface area contributed by atoms with Crippen LogP contribution in [0.25, 0.3) is 0 Å². The van der Waals surface area contributed by atoms with E-state index >= 15 is 0 Å². The van der Waals surface area contributed by atoms with E-state index in [1.807, 2.05) is 31.2 Å². The van der Waals surface area contributed by atoms with Gasteiger partial charge in [0.1, 0.15) is 11.8 Å². The van der Waals surface area contributed by atoms with Crippen molar-refractivity contribution in [3.63, 3.8) is 0 Å². The smallest absolute Gasteiger partial charge is 0.322 e. The standard InChI is InChI=1S/C12H17NO3.ClH/c1-3-16-10-6-4-9(5-7-10)8-11(13)12(14)15-2;/h4-7,11H,3,8,13H2,1-2H3;1H/t11-;/m0./s1. The minimum atomic E-state index is -0.608. The van der Waals surface area contributed by atoms with Gasteiger partial charge in [0, 0.05) is 0 Å². The Labute approximate surface area is 108 Å². The molecule has 0 aliphatic heterocycles. The van der Waals surface area contributed by atoms with Crippen molar-refractivity contribution in [3.05, 3.63) is 29.8 Å². The lowest BCUT2D eigenvalue weighted by Crippen LogP contribution is -2.33. The summed E-state index contributed by atoms with van der Waals surface area (Å²) in [7, 11) is 1.33. The average molecular weight is 260 g/mol. The van der Waals surface area contributed by atoms with Gasteiger partial charge in [-0.25, -0.2) is 0 Å². The van der Waals surface area contributed by atoms with Gasteiger partial charge in [-0.2, -0.15) is 0 Å². The molecule has 0 fully saturated rings. The number of esters is 1. The van der Waals surface area contributed by atoms with Crippen LogP contribution >= 0.6 is 12.4 Å². The van der Waals surface area contributed by atoms with Crippen molar-refractivity contribution < 1.29 is 14.3 Å². The van der Waals surface area contributed by atoms with Crippen molar-refractivity contribution >= 4 is 18.4 Å². The molecule has 0 unspecified atom stereocenters. The fourth-order valence-electron chi connectivity index (χ4n) is 1.38. The van der Waals surface area contributed by atoms with Gasteiger partial charge in [-0.05, 0) is 31.0 Å². The molecular weight excluding hydrogens is 242 g/mol. The zero-order chi connectivity index (χ0) is 12.0. The Morgan fingerprint density at radius 3 is 2.41 bits per heavy atom. The summed E-state index contributed by atoms with van der Waals surface area (Å²) in [4.78, 5) is 11.1. The Kier molecular flexibility index (Phi) is 7.34. The number of nitrogens with two attached hydrogens (primary N) is 1.